The molecule has 3 rings (SSSR count). The van der Waals surface area contributed by atoms with Gasteiger partial charge in [0.2, 0.25) is 0 Å². The van der Waals surface area contributed by atoms with Gasteiger partial charge in [-0.05, 0) is 43.2 Å². The van der Waals surface area contributed by atoms with Crippen LogP contribution in [-0.4, -0.2) is 38.3 Å². The highest BCUT2D eigenvalue weighted by atomic mass is 19.4. The van der Waals surface area contributed by atoms with Crippen molar-refractivity contribution in [2.75, 3.05) is 0 Å². The number of nitrogens with zero attached hydrogens (tertiary/aromatic N) is 2. The number of benzene rings is 1. The van der Waals surface area contributed by atoms with Gasteiger partial charge in [0.25, 0.3) is 11.5 Å². The normalized spacial score (nSPS) is 10.7. The van der Waals surface area contributed by atoms with E-state index in [0.717, 1.165) is 16.7 Å². The molecular weight excluding hydrogens is 429 g/mol. The molecule has 0 aliphatic rings. The van der Waals surface area contributed by atoms with E-state index >= 15 is 0 Å². The molecule has 0 unspecified atom stereocenters. The lowest BCUT2D eigenvalue weighted by Crippen LogP contribution is -2.30. The Bertz CT molecular complexity index is 1160. The van der Waals surface area contributed by atoms with Gasteiger partial charge in [-0.1, -0.05) is 23.8 Å². The van der Waals surface area contributed by atoms with Crippen molar-refractivity contribution in [3.05, 3.63) is 81.4 Å². The summed E-state index contributed by atoms with van der Waals surface area (Å²) in [5.41, 5.74) is 4.08. The van der Waals surface area contributed by atoms with Gasteiger partial charge < -0.3 is 10.4 Å². The predicted molar refractivity (Wildman–Crippen MR) is 109 cm³/mol. The van der Waals surface area contributed by atoms with Crippen LogP contribution in [0.1, 0.15) is 27.0 Å². The van der Waals surface area contributed by atoms with Crippen molar-refractivity contribution < 1.29 is 27.9 Å². The minimum Gasteiger partial charge on any atom is -0.475 e. The number of hydrogen-bond donors (Lipinski definition) is 3. The number of carboxylic acid groups (broad SMARTS) is 1. The number of carbonyl (C=O) groups is 2. The zero-order valence-corrected chi connectivity index (χ0v) is 17.0. The highest BCUT2D eigenvalue weighted by molar-refractivity contribution is 5.94. The SMILES string of the molecule is Cc1ccc(CNC(=O)c2cc(-c3ccncc3)n[nH]c2=O)c(C)c1.O=C(O)C(F)(F)F. The third-order valence-electron chi connectivity index (χ3n) is 4.20. The summed E-state index contributed by atoms with van der Waals surface area (Å²) in [4.78, 5) is 37.2. The smallest absolute Gasteiger partial charge is 0.475 e. The number of alkyl halides is 3. The maximum Gasteiger partial charge on any atom is 0.490 e. The van der Waals surface area contributed by atoms with E-state index in [-0.39, 0.29) is 5.56 Å². The highest BCUT2D eigenvalue weighted by Crippen LogP contribution is 2.15. The Labute approximate surface area is 180 Å². The average molecular weight is 448 g/mol. The van der Waals surface area contributed by atoms with Gasteiger partial charge in [-0.3, -0.25) is 14.6 Å². The lowest BCUT2D eigenvalue weighted by Gasteiger charge is -2.09. The summed E-state index contributed by atoms with van der Waals surface area (Å²) in [6.45, 7) is 4.37. The Morgan fingerprint density at radius 3 is 2.28 bits per heavy atom. The summed E-state index contributed by atoms with van der Waals surface area (Å²) in [6.07, 6.45) is -1.83. The van der Waals surface area contributed by atoms with E-state index in [9.17, 15) is 22.8 Å². The van der Waals surface area contributed by atoms with Crippen LogP contribution in [0.4, 0.5) is 13.2 Å². The van der Waals surface area contributed by atoms with Gasteiger partial charge in [0.05, 0.1) is 5.69 Å². The van der Waals surface area contributed by atoms with Gasteiger partial charge in [-0.15, -0.1) is 0 Å². The molecule has 2 aromatic heterocycles. The summed E-state index contributed by atoms with van der Waals surface area (Å²) < 4.78 is 31.7. The molecular formula is C21H19F3N4O4. The minimum atomic E-state index is -5.08. The number of carboxylic acids is 1. The van der Waals surface area contributed by atoms with Crippen molar-refractivity contribution in [1.29, 1.82) is 0 Å². The fourth-order valence-corrected chi connectivity index (χ4v) is 2.56. The molecule has 0 bridgehead atoms. The van der Waals surface area contributed by atoms with E-state index < -0.39 is 23.6 Å². The number of pyridine rings is 1. The molecule has 0 aliphatic carbocycles. The number of aromatic amines is 1. The molecule has 3 aromatic rings. The fourth-order valence-electron chi connectivity index (χ4n) is 2.56. The second kappa shape index (κ2) is 10.3. The predicted octanol–water partition coefficient (Wildman–Crippen LogP) is 3.01. The van der Waals surface area contributed by atoms with Crippen LogP contribution >= 0.6 is 0 Å². The molecule has 0 fully saturated rings. The van der Waals surface area contributed by atoms with E-state index in [1.165, 1.54) is 11.6 Å². The molecule has 0 aliphatic heterocycles. The van der Waals surface area contributed by atoms with Crippen LogP contribution in [0.2, 0.25) is 0 Å². The van der Waals surface area contributed by atoms with Crippen LogP contribution < -0.4 is 10.9 Å². The van der Waals surface area contributed by atoms with Gasteiger partial charge in [0, 0.05) is 24.5 Å². The van der Waals surface area contributed by atoms with E-state index in [1.807, 2.05) is 26.0 Å². The van der Waals surface area contributed by atoms with Crippen molar-refractivity contribution >= 4 is 11.9 Å². The van der Waals surface area contributed by atoms with Gasteiger partial charge in [-0.25, -0.2) is 9.89 Å². The van der Waals surface area contributed by atoms with E-state index in [4.69, 9.17) is 9.90 Å². The first-order valence-corrected chi connectivity index (χ1v) is 9.13. The first-order valence-electron chi connectivity index (χ1n) is 9.13. The van der Waals surface area contributed by atoms with Crippen LogP contribution in [0, 0.1) is 13.8 Å². The van der Waals surface area contributed by atoms with Crippen LogP contribution in [0.15, 0.2) is 53.6 Å². The summed E-state index contributed by atoms with van der Waals surface area (Å²) in [6, 6.07) is 11.0. The van der Waals surface area contributed by atoms with E-state index in [0.29, 0.717) is 12.2 Å². The molecule has 0 spiro atoms. The first-order chi connectivity index (χ1) is 15.0. The number of rotatable bonds is 4. The van der Waals surface area contributed by atoms with Gasteiger partial charge in [0.1, 0.15) is 5.56 Å². The number of aromatic nitrogens is 3. The largest absolute Gasteiger partial charge is 0.490 e. The minimum absolute atomic E-state index is 0.0339. The number of carbonyl (C=O) groups excluding carboxylic acids is 1. The van der Waals surface area contributed by atoms with Gasteiger partial charge in [0.15, 0.2) is 0 Å². The molecule has 0 radical (unpaired) electrons. The Morgan fingerprint density at radius 1 is 1.09 bits per heavy atom. The van der Waals surface area contributed by atoms with Crippen LogP contribution in [0.25, 0.3) is 11.3 Å². The van der Waals surface area contributed by atoms with Crippen molar-refractivity contribution in [2.45, 2.75) is 26.6 Å². The molecule has 1 amide bonds. The number of nitrogens with one attached hydrogen (secondary N) is 2. The lowest BCUT2D eigenvalue weighted by atomic mass is 10.1. The van der Waals surface area contributed by atoms with Crippen molar-refractivity contribution in [3.63, 3.8) is 0 Å². The van der Waals surface area contributed by atoms with Crippen LogP contribution in [0.5, 0.6) is 0 Å². The molecule has 11 heteroatoms. The number of hydrogen-bond acceptors (Lipinski definition) is 5. The number of aliphatic carboxylic acids is 1. The Morgan fingerprint density at radius 2 is 1.72 bits per heavy atom. The molecule has 8 nitrogen and oxygen atoms in total. The standard InChI is InChI=1S/C19H18N4O2.C2HF3O2/c1-12-3-4-15(13(2)9-12)11-21-18(24)16-10-17(22-23-19(16)25)14-5-7-20-8-6-14;3-2(4,5)1(6)7/h3-10H,11H2,1-2H3,(H,21,24)(H,23,25);(H,6,7). The highest BCUT2D eigenvalue weighted by Gasteiger charge is 2.38. The summed E-state index contributed by atoms with van der Waals surface area (Å²) in [5.74, 6) is -3.19. The first kappa shape index (κ1) is 24.3. The second-order valence-electron chi connectivity index (χ2n) is 6.65. The molecule has 0 atom stereocenters. The molecule has 32 heavy (non-hydrogen) atoms. The van der Waals surface area contributed by atoms with Crippen molar-refractivity contribution in [2.24, 2.45) is 0 Å². The Kier molecular flexibility index (Phi) is 7.83. The molecule has 3 N–H and O–H groups in total. The number of H-pyrrole nitrogens is 1. The van der Waals surface area contributed by atoms with Crippen molar-refractivity contribution in [1.82, 2.24) is 20.5 Å². The maximum absolute atomic E-state index is 12.4. The quantitative estimate of drug-likeness (QED) is 0.564. The lowest BCUT2D eigenvalue weighted by molar-refractivity contribution is -0.192. The maximum atomic E-state index is 12.4. The third-order valence-corrected chi connectivity index (χ3v) is 4.20. The zero-order valence-electron chi connectivity index (χ0n) is 17.0. The molecule has 168 valence electrons. The molecule has 1 aromatic carbocycles. The summed E-state index contributed by atoms with van der Waals surface area (Å²) in [5, 5.41) is 16.3. The molecule has 0 saturated heterocycles. The molecule has 2 heterocycles. The number of halogens is 3. The third kappa shape index (κ3) is 6.76. The molecule has 0 saturated carbocycles. The second-order valence-corrected chi connectivity index (χ2v) is 6.65. The number of amides is 1. The Balaban J connectivity index is 0.000000451. The topological polar surface area (TPSA) is 125 Å². The monoisotopic (exact) mass is 448 g/mol. The van der Waals surface area contributed by atoms with Crippen LogP contribution in [-0.2, 0) is 11.3 Å². The van der Waals surface area contributed by atoms with Crippen molar-refractivity contribution in [3.8, 4) is 11.3 Å². The van der Waals surface area contributed by atoms with Gasteiger partial charge >= 0.3 is 12.1 Å². The Hall–Kier alpha value is -4.02. The van der Waals surface area contributed by atoms with E-state index in [1.54, 1.807) is 24.5 Å². The summed E-state index contributed by atoms with van der Waals surface area (Å²) in [7, 11) is 0. The summed E-state index contributed by atoms with van der Waals surface area (Å²) >= 11 is 0. The van der Waals surface area contributed by atoms with Gasteiger partial charge in [-0.2, -0.15) is 18.3 Å². The fraction of sp³-hybridized carbons (Fsp3) is 0.190. The zero-order chi connectivity index (χ0) is 23.9. The van der Waals surface area contributed by atoms with Crippen LogP contribution in [0.3, 0.4) is 0 Å². The number of aryl methyl sites for hydroxylation is 2. The average Bonchev–Trinajstić information content (AvgIpc) is 2.73. The van der Waals surface area contributed by atoms with E-state index in [2.05, 4.69) is 26.6 Å².